The van der Waals surface area contributed by atoms with Crippen LogP contribution in [0.4, 0.5) is 0 Å². The molecule has 1 unspecified atom stereocenters. The normalized spacial score (nSPS) is 16.8. The van der Waals surface area contributed by atoms with Crippen molar-refractivity contribution in [3.63, 3.8) is 0 Å². The fraction of sp³-hybridized carbons (Fsp3) is 0.529. The molecule has 6 nitrogen and oxygen atoms in total. The Kier molecular flexibility index (Phi) is 9.19. The number of rotatable bonds is 8. The predicted molar refractivity (Wildman–Crippen MR) is 95.5 cm³/mol. The molecule has 0 aromatic heterocycles. The molecule has 134 valence electrons. The summed E-state index contributed by atoms with van der Waals surface area (Å²) in [6, 6.07) is 6.65. The third-order valence-corrected chi connectivity index (χ3v) is 3.99. The summed E-state index contributed by atoms with van der Waals surface area (Å²) < 4.78 is 5.49. The van der Waals surface area contributed by atoms with Crippen molar-refractivity contribution in [2.24, 2.45) is 11.7 Å². The lowest BCUT2D eigenvalue weighted by molar-refractivity contribution is -0.121. The Balaban J connectivity index is 0.00000288. The Morgan fingerprint density at radius 1 is 1.38 bits per heavy atom. The van der Waals surface area contributed by atoms with E-state index in [-0.39, 0.29) is 24.9 Å². The van der Waals surface area contributed by atoms with E-state index in [1.807, 2.05) is 0 Å². The zero-order valence-electron chi connectivity index (χ0n) is 13.8. The first kappa shape index (κ1) is 20.3. The highest BCUT2D eigenvalue weighted by molar-refractivity contribution is 5.93. The van der Waals surface area contributed by atoms with Crippen LogP contribution in [0.15, 0.2) is 24.3 Å². The highest BCUT2D eigenvalue weighted by atomic mass is 35.5. The molecule has 7 heteroatoms. The van der Waals surface area contributed by atoms with E-state index in [2.05, 4.69) is 10.6 Å². The minimum absolute atomic E-state index is 0. The Labute approximate surface area is 148 Å². The summed E-state index contributed by atoms with van der Waals surface area (Å²) in [4.78, 5) is 22.9. The minimum atomic E-state index is -0.495. The zero-order valence-corrected chi connectivity index (χ0v) is 14.6. The first-order valence-corrected chi connectivity index (χ1v) is 8.15. The van der Waals surface area contributed by atoms with E-state index >= 15 is 0 Å². The number of carbonyl (C=O) groups excluding carboxylic acids is 2. The van der Waals surface area contributed by atoms with Crippen LogP contribution in [0, 0.1) is 5.92 Å². The van der Waals surface area contributed by atoms with Gasteiger partial charge in [-0.15, -0.1) is 12.4 Å². The molecule has 1 heterocycles. The molecule has 1 saturated heterocycles. The average Bonchev–Trinajstić information content (AvgIpc) is 2.56. The number of carbonyl (C=O) groups is 2. The van der Waals surface area contributed by atoms with E-state index in [1.54, 1.807) is 24.3 Å². The average molecular weight is 356 g/mol. The number of nitrogens with one attached hydrogen (secondary N) is 2. The Hall–Kier alpha value is -1.79. The van der Waals surface area contributed by atoms with Gasteiger partial charge in [0.05, 0.1) is 13.0 Å². The molecule has 0 spiro atoms. The Morgan fingerprint density at radius 2 is 2.21 bits per heavy atom. The molecule has 2 rings (SSSR count). The van der Waals surface area contributed by atoms with E-state index in [9.17, 15) is 9.59 Å². The van der Waals surface area contributed by atoms with Crippen molar-refractivity contribution in [3.05, 3.63) is 29.8 Å². The van der Waals surface area contributed by atoms with E-state index in [0.717, 1.165) is 19.5 Å². The van der Waals surface area contributed by atoms with Gasteiger partial charge in [0, 0.05) is 12.1 Å². The second-order valence-corrected chi connectivity index (χ2v) is 5.84. The number of benzene rings is 1. The molecule has 1 fully saturated rings. The van der Waals surface area contributed by atoms with Crippen molar-refractivity contribution in [1.82, 2.24) is 10.6 Å². The van der Waals surface area contributed by atoms with Gasteiger partial charge in [0.25, 0.3) is 0 Å². The molecule has 24 heavy (non-hydrogen) atoms. The van der Waals surface area contributed by atoms with Crippen LogP contribution in [-0.2, 0) is 4.79 Å². The number of hydrogen-bond acceptors (Lipinski definition) is 4. The van der Waals surface area contributed by atoms with Crippen LogP contribution in [0.3, 0.4) is 0 Å². The van der Waals surface area contributed by atoms with Gasteiger partial charge < -0.3 is 21.1 Å². The van der Waals surface area contributed by atoms with Crippen LogP contribution in [0.25, 0.3) is 0 Å². The van der Waals surface area contributed by atoms with Gasteiger partial charge in [-0.1, -0.05) is 6.07 Å². The van der Waals surface area contributed by atoms with Crippen molar-refractivity contribution in [1.29, 1.82) is 0 Å². The van der Waals surface area contributed by atoms with Crippen LogP contribution in [0.2, 0.25) is 0 Å². The number of ether oxygens (including phenoxy) is 1. The maximum Gasteiger partial charge on any atom is 0.248 e. The highest BCUT2D eigenvalue weighted by Gasteiger charge is 2.12. The summed E-state index contributed by atoms with van der Waals surface area (Å²) in [5.41, 5.74) is 5.61. The summed E-state index contributed by atoms with van der Waals surface area (Å²) in [6.45, 7) is 3.15. The fourth-order valence-electron chi connectivity index (χ4n) is 2.68. The molecule has 0 saturated carbocycles. The number of nitrogens with two attached hydrogens (primary N) is 1. The van der Waals surface area contributed by atoms with Crippen molar-refractivity contribution in [2.45, 2.75) is 25.7 Å². The Bertz CT molecular complexity index is 534. The Morgan fingerprint density at radius 3 is 2.92 bits per heavy atom. The molecule has 1 aliphatic rings. The van der Waals surface area contributed by atoms with E-state index in [0.29, 0.717) is 30.2 Å². The second-order valence-electron chi connectivity index (χ2n) is 5.84. The molecular weight excluding hydrogens is 330 g/mol. The summed E-state index contributed by atoms with van der Waals surface area (Å²) in [5, 5.41) is 6.30. The van der Waals surface area contributed by atoms with Gasteiger partial charge in [0.15, 0.2) is 0 Å². The molecule has 1 atom stereocenters. The molecule has 4 N–H and O–H groups in total. The lowest BCUT2D eigenvalue weighted by Gasteiger charge is -2.22. The van der Waals surface area contributed by atoms with Crippen LogP contribution in [0.5, 0.6) is 5.75 Å². The number of halogens is 1. The molecule has 0 radical (unpaired) electrons. The van der Waals surface area contributed by atoms with E-state index < -0.39 is 5.91 Å². The summed E-state index contributed by atoms with van der Waals surface area (Å²) in [7, 11) is 0. The van der Waals surface area contributed by atoms with Crippen molar-refractivity contribution in [3.8, 4) is 5.75 Å². The van der Waals surface area contributed by atoms with E-state index in [1.165, 1.54) is 12.8 Å². The van der Waals surface area contributed by atoms with Crippen LogP contribution in [-0.4, -0.2) is 38.1 Å². The van der Waals surface area contributed by atoms with E-state index in [4.69, 9.17) is 10.5 Å². The van der Waals surface area contributed by atoms with Gasteiger partial charge in [-0.05, 0) is 56.5 Å². The number of hydrogen-bond donors (Lipinski definition) is 3. The van der Waals surface area contributed by atoms with Crippen molar-refractivity contribution >= 4 is 24.2 Å². The third kappa shape index (κ3) is 7.19. The van der Waals surface area contributed by atoms with Crippen LogP contribution < -0.4 is 21.1 Å². The van der Waals surface area contributed by atoms with Crippen LogP contribution >= 0.6 is 12.4 Å². The van der Waals surface area contributed by atoms with Gasteiger partial charge in [-0.2, -0.15) is 0 Å². The molecule has 0 aliphatic carbocycles. The smallest absolute Gasteiger partial charge is 0.248 e. The maximum atomic E-state index is 11.8. The minimum Gasteiger partial charge on any atom is -0.493 e. The molecule has 0 bridgehead atoms. The molecule has 1 aromatic rings. The SMILES string of the molecule is Cl.NC(=O)c1cccc(OCCC(=O)NCCC2CCCNC2)c1. The predicted octanol–water partition coefficient (Wildman–Crippen LogP) is 1.48. The topological polar surface area (TPSA) is 93.5 Å². The van der Waals surface area contributed by atoms with Gasteiger partial charge >= 0.3 is 0 Å². The standard InChI is InChI=1S/C17H25N3O3.ClH/c18-17(22)14-4-1-5-15(11-14)23-10-7-16(21)20-9-6-13-3-2-8-19-12-13;/h1,4-5,11,13,19H,2-3,6-10,12H2,(H2,18,22)(H,20,21);1H. The number of piperidine rings is 1. The second kappa shape index (κ2) is 10.9. The quantitative estimate of drug-likeness (QED) is 0.658. The maximum absolute atomic E-state index is 11.8. The van der Waals surface area contributed by atoms with Crippen molar-refractivity contribution in [2.75, 3.05) is 26.2 Å². The number of primary amides is 1. The lowest BCUT2D eigenvalue weighted by Crippen LogP contribution is -2.33. The molecule has 1 aromatic carbocycles. The molecule has 1 aliphatic heterocycles. The highest BCUT2D eigenvalue weighted by Crippen LogP contribution is 2.14. The zero-order chi connectivity index (χ0) is 16.5. The van der Waals surface area contributed by atoms with Gasteiger partial charge in [-0.25, -0.2) is 0 Å². The largest absolute Gasteiger partial charge is 0.493 e. The van der Waals surface area contributed by atoms with Gasteiger partial charge in [0.2, 0.25) is 11.8 Å². The summed E-state index contributed by atoms with van der Waals surface area (Å²) >= 11 is 0. The fourth-order valence-corrected chi connectivity index (χ4v) is 2.68. The molecular formula is C17H26ClN3O3. The third-order valence-electron chi connectivity index (χ3n) is 3.99. The monoisotopic (exact) mass is 355 g/mol. The van der Waals surface area contributed by atoms with Gasteiger partial charge in [0.1, 0.15) is 5.75 Å². The number of amides is 2. The molecule has 2 amide bonds. The van der Waals surface area contributed by atoms with Crippen LogP contribution in [0.1, 0.15) is 36.0 Å². The van der Waals surface area contributed by atoms with Gasteiger partial charge in [-0.3, -0.25) is 9.59 Å². The van der Waals surface area contributed by atoms with Crippen molar-refractivity contribution < 1.29 is 14.3 Å². The summed E-state index contributed by atoms with van der Waals surface area (Å²) in [6.07, 6.45) is 3.77. The first-order chi connectivity index (χ1) is 11.1. The lowest BCUT2D eigenvalue weighted by atomic mass is 9.96. The summed E-state index contributed by atoms with van der Waals surface area (Å²) in [5.74, 6) is 0.699. The first-order valence-electron chi connectivity index (χ1n) is 8.15.